The number of hydrazone groups is 1. The number of aromatic nitrogens is 2. The highest BCUT2D eigenvalue weighted by molar-refractivity contribution is 6.15. The largest absolute Gasteiger partial charge is 0.493 e. The second-order valence-electron chi connectivity index (χ2n) is 9.69. The average molecular weight is 537 g/mol. The van der Waals surface area contributed by atoms with Crippen LogP contribution in [0.2, 0.25) is 0 Å². The Balaban J connectivity index is 1.74. The lowest BCUT2D eigenvalue weighted by Gasteiger charge is -2.35. The van der Waals surface area contributed by atoms with E-state index in [0.29, 0.717) is 41.9 Å². The molecule has 0 bridgehead atoms. The zero-order chi connectivity index (χ0) is 28.2. The highest BCUT2D eigenvalue weighted by atomic mass is 16.5. The number of amides is 1. The molecule has 3 rings (SSSR count). The molecule has 3 heterocycles. The minimum Gasteiger partial charge on any atom is -0.493 e. The van der Waals surface area contributed by atoms with Crippen LogP contribution in [-0.2, 0) is 9.53 Å². The molecule has 0 spiro atoms. The van der Waals surface area contributed by atoms with E-state index in [9.17, 15) is 4.79 Å². The van der Waals surface area contributed by atoms with Crippen molar-refractivity contribution >= 4 is 17.7 Å². The summed E-state index contributed by atoms with van der Waals surface area (Å²) in [5, 5.41) is 12.6. The molecule has 0 aromatic carbocycles. The summed E-state index contributed by atoms with van der Waals surface area (Å²) < 4.78 is 6.01. The van der Waals surface area contributed by atoms with E-state index in [0.717, 1.165) is 57.2 Å². The van der Waals surface area contributed by atoms with Crippen LogP contribution >= 0.6 is 0 Å². The number of allylic oxidation sites excluding steroid dienone is 2. The summed E-state index contributed by atoms with van der Waals surface area (Å²) in [7, 11) is 1.80. The smallest absolute Gasteiger partial charge is 0.276 e. The van der Waals surface area contributed by atoms with Crippen molar-refractivity contribution in [2.24, 2.45) is 11.0 Å². The van der Waals surface area contributed by atoms with Gasteiger partial charge in [0.25, 0.3) is 5.91 Å². The quantitative estimate of drug-likeness (QED) is 0.225. The fourth-order valence-corrected chi connectivity index (χ4v) is 4.54. The van der Waals surface area contributed by atoms with Crippen molar-refractivity contribution in [1.82, 2.24) is 30.5 Å². The number of unbranched alkanes of at least 4 members (excludes halogenated alkanes) is 1. The van der Waals surface area contributed by atoms with Crippen LogP contribution in [0.3, 0.4) is 0 Å². The number of nitrogens with one attached hydrogen (secondary N) is 2. The zero-order valence-corrected chi connectivity index (χ0v) is 24.1. The molecule has 0 saturated carbocycles. The van der Waals surface area contributed by atoms with Crippen molar-refractivity contribution in [3.63, 3.8) is 0 Å². The van der Waals surface area contributed by atoms with E-state index in [1.54, 1.807) is 30.5 Å². The number of anilines is 1. The molecule has 1 amide bonds. The molecule has 0 radical (unpaired) electrons. The third kappa shape index (κ3) is 8.16. The third-order valence-corrected chi connectivity index (χ3v) is 6.73. The monoisotopic (exact) mass is 536 g/mol. The number of carbonyl (C=O) groups excluding carboxylic acids is 1. The zero-order valence-electron chi connectivity index (χ0n) is 24.1. The number of ether oxygens (including phenoxy) is 1. The highest BCUT2D eigenvalue weighted by Gasteiger charge is 2.28. The van der Waals surface area contributed by atoms with Crippen molar-refractivity contribution in [2.75, 3.05) is 57.8 Å². The molecule has 2 N–H and O–H groups in total. The van der Waals surface area contributed by atoms with Gasteiger partial charge in [0.15, 0.2) is 5.84 Å². The molecule has 2 aliphatic heterocycles. The molecule has 10 nitrogen and oxygen atoms in total. The number of piperazine rings is 1. The molecule has 1 saturated heterocycles. The van der Waals surface area contributed by atoms with Gasteiger partial charge in [-0.15, -0.1) is 0 Å². The lowest BCUT2D eigenvalue weighted by atomic mass is 10.1. The van der Waals surface area contributed by atoms with Crippen molar-refractivity contribution in [1.29, 1.82) is 0 Å². The fraction of sp³-hybridized carbons (Fsp3) is 0.517. The molecule has 1 atom stereocenters. The SMILES string of the molecule is C=C/C(C1=NN(CCCC)/C(=C(/C)NC)C(=O)N1)=C(\C=C/C(C)CN1CCN(c2ncccn2)CC1)OCC. The number of hydrogen-bond acceptors (Lipinski definition) is 9. The molecule has 1 aromatic heterocycles. The van der Waals surface area contributed by atoms with E-state index in [2.05, 4.69) is 56.9 Å². The minimum atomic E-state index is -0.199. The van der Waals surface area contributed by atoms with Crippen LogP contribution < -0.4 is 15.5 Å². The van der Waals surface area contributed by atoms with Gasteiger partial charge < -0.3 is 20.3 Å². The molecular weight excluding hydrogens is 492 g/mol. The number of hydrogen-bond donors (Lipinski definition) is 2. The van der Waals surface area contributed by atoms with Crippen LogP contribution in [0.4, 0.5) is 5.95 Å². The van der Waals surface area contributed by atoms with Gasteiger partial charge in [0.2, 0.25) is 5.95 Å². The summed E-state index contributed by atoms with van der Waals surface area (Å²) in [4.78, 5) is 26.5. The Morgan fingerprint density at radius 2 is 1.95 bits per heavy atom. The Kier molecular flexibility index (Phi) is 11.5. The molecular formula is C29H44N8O2. The van der Waals surface area contributed by atoms with Gasteiger partial charge in [-0.2, -0.15) is 5.10 Å². The average Bonchev–Trinajstić information content (AvgIpc) is 2.95. The minimum absolute atomic E-state index is 0.199. The summed E-state index contributed by atoms with van der Waals surface area (Å²) in [6.07, 6.45) is 11.3. The van der Waals surface area contributed by atoms with Gasteiger partial charge in [0.1, 0.15) is 11.5 Å². The molecule has 1 unspecified atom stereocenters. The summed E-state index contributed by atoms with van der Waals surface area (Å²) in [5.41, 5.74) is 1.96. The van der Waals surface area contributed by atoms with E-state index in [1.165, 1.54) is 0 Å². The van der Waals surface area contributed by atoms with E-state index in [-0.39, 0.29) is 5.91 Å². The Morgan fingerprint density at radius 3 is 2.56 bits per heavy atom. The van der Waals surface area contributed by atoms with Gasteiger partial charge in [-0.1, -0.05) is 39.0 Å². The number of rotatable bonds is 13. The molecule has 39 heavy (non-hydrogen) atoms. The second-order valence-corrected chi connectivity index (χ2v) is 9.69. The molecule has 10 heteroatoms. The number of carbonyl (C=O) groups is 1. The lowest BCUT2D eigenvalue weighted by molar-refractivity contribution is -0.118. The molecule has 1 aromatic rings. The molecule has 2 aliphatic rings. The molecule has 1 fully saturated rings. The van der Waals surface area contributed by atoms with Crippen LogP contribution in [0.15, 0.2) is 71.1 Å². The topological polar surface area (TPSA) is 98.2 Å². The van der Waals surface area contributed by atoms with Crippen molar-refractivity contribution < 1.29 is 9.53 Å². The van der Waals surface area contributed by atoms with Crippen molar-refractivity contribution in [3.8, 4) is 0 Å². The molecule has 0 aliphatic carbocycles. The van der Waals surface area contributed by atoms with Crippen molar-refractivity contribution in [2.45, 2.75) is 40.5 Å². The van der Waals surface area contributed by atoms with Crippen LogP contribution in [0.1, 0.15) is 40.5 Å². The van der Waals surface area contributed by atoms with Gasteiger partial charge in [0, 0.05) is 64.4 Å². The molecule has 212 valence electrons. The van der Waals surface area contributed by atoms with E-state index >= 15 is 0 Å². The predicted molar refractivity (Wildman–Crippen MR) is 157 cm³/mol. The summed E-state index contributed by atoms with van der Waals surface area (Å²) in [6.45, 7) is 17.9. The van der Waals surface area contributed by atoms with Gasteiger partial charge >= 0.3 is 0 Å². The highest BCUT2D eigenvalue weighted by Crippen LogP contribution is 2.21. The summed E-state index contributed by atoms with van der Waals surface area (Å²) in [5.74, 6) is 1.97. The van der Waals surface area contributed by atoms with Crippen LogP contribution in [0.25, 0.3) is 0 Å². The van der Waals surface area contributed by atoms with Crippen LogP contribution in [0.5, 0.6) is 0 Å². The lowest BCUT2D eigenvalue weighted by Crippen LogP contribution is -2.48. The maximum atomic E-state index is 13.1. The number of amidine groups is 1. The second kappa shape index (κ2) is 15.1. The van der Waals surface area contributed by atoms with Crippen molar-refractivity contribution in [3.05, 3.63) is 66.0 Å². The Morgan fingerprint density at radius 1 is 1.23 bits per heavy atom. The third-order valence-electron chi connectivity index (χ3n) is 6.73. The van der Waals surface area contributed by atoms with E-state index in [1.807, 2.05) is 26.0 Å². The first-order valence-electron chi connectivity index (χ1n) is 13.9. The van der Waals surface area contributed by atoms with Gasteiger partial charge in [-0.05, 0) is 38.3 Å². The van der Waals surface area contributed by atoms with E-state index in [4.69, 9.17) is 9.84 Å². The Hall–Kier alpha value is -3.66. The fourth-order valence-electron chi connectivity index (χ4n) is 4.54. The van der Waals surface area contributed by atoms with E-state index < -0.39 is 0 Å². The number of nitrogens with zero attached hydrogens (tertiary/aromatic N) is 6. The van der Waals surface area contributed by atoms with Gasteiger partial charge in [-0.3, -0.25) is 14.7 Å². The first-order valence-corrected chi connectivity index (χ1v) is 13.9. The Labute approximate surface area is 233 Å². The van der Waals surface area contributed by atoms with Crippen LogP contribution in [0, 0.1) is 5.92 Å². The maximum absolute atomic E-state index is 13.1. The summed E-state index contributed by atoms with van der Waals surface area (Å²) >= 11 is 0. The Bertz CT molecular complexity index is 1090. The standard InChI is InChI=1S/C29H44N8O2/c1-7-10-16-37-26(23(5)30-6)28(38)33-27(34-37)24(8-2)25(39-9-3)13-12-22(4)21-35-17-19-36(20-18-35)29-31-14-11-15-32-29/h8,11-15,22,30H,2,7,9-10,16-21H2,1,3-6H3,(H,33,34,38)/b13-12-,25-24-,26-23-. The summed E-state index contributed by atoms with van der Waals surface area (Å²) in [6, 6.07) is 1.84. The first kappa shape index (κ1) is 29.9. The maximum Gasteiger partial charge on any atom is 0.276 e. The predicted octanol–water partition coefficient (Wildman–Crippen LogP) is 3.26. The van der Waals surface area contributed by atoms with Crippen LogP contribution in [-0.4, -0.2) is 84.5 Å². The normalized spacial score (nSPS) is 19.3. The first-order chi connectivity index (χ1) is 18.9. The van der Waals surface area contributed by atoms with Gasteiger partial charge in [0.05, 0.1) is 12.2 Å². The van der Waals surface area contributed by atoms with Gasteiger partial charge in [-0.25, -0.2) is 9.97 Å².